The molecule has 61 heavy (non-hydrogen) atoms. The number of ether oxygens (including phenoxy) is 3. The average molecular weight is 874 g/mol. The van der Waals surface area contributed by atoms with E-state index >= 15 is 0 Å². The standard InChI is InChI=1S/C42H48ClN9O8S/c1-23(2)13-33(50-35(53)17-46)41(55)59-21-30(60-42(56)34(14-24(3)4)51-36(54)18-47)20-57-29-11-7-25(8-12-29)37-31(15-44)38(48)52-40(32(37)16-45)61-22-28-19-58-39(49-28)26-5-9-27(43)10-6-26/h5-12,19,23-24,30,33-34H,13-14,17-18,20-22,46-47H2,1-4H3,(H2,48,52)(H,50,53)(H,51,54). The van der Waals surface area contributed by atoms with E-state index in [1.54, 1.807) is 48.5 Å². The molecular formula is C42H48ClN9O8S. The minimum atomic E-state index is -1.17. The second-order valence-corrected chi connectivity index (χ2v) is 15.9. The van der Waals surface area contributed by atoms with Crippen molar-refractivity contribution in [3.63, 3.8) is 0 Å². The van der Waals surface area contributed by atoms with Gasteiger partial charge >= 0.3 is 11.9 Å². The molecule has 8 N–H and O–H groups in total. The molecule has 3 atom stereocenters. The van der Waals surface area contributed by atoms with Crippen LogP contribution in [0.15, 0.2) is 64.2 Å². The fourth-order valence-electron chi connectivity index (χ4n) is 5.85. The molecule has 0 aliphatic rings. The number of nitrogens with zero attached hydrogens (tertiary/aromatic N) is 4. The molecule has 4 rings (SSSR count). The Morgan fingerprint density at radius 3 is 1.95 bits per heavy atom. The quantitative estimate of drug-likeness (QED) is 0.0569. The lowest BCUT2D eigenvalue weighted by Crippen LogP contribution is -2.48. The van der Waals surface area contributed by atoms with E-state index in [1.807, 2.05) is 27.7 Å². The third-order valence-corrected chi connectivity index (χ3v) is 9.97. The minimum absolute atomic E-state index is 0.00548. The van der Waals surface area contributed by atoms with Gasteiger partial charge in [-0.05, 0) is 66.6 Å². The van der Waals surface area contributed by atoms with Crippen molar-refractivity contribution in [1.82, 2.24) is 20.6 Å². The van der Waals surface area contributed by atoms with E-state index in [2.05, 4.69) is 32.7 Å². The fourth-order valence-corrected chi connectivity index (χ4v) is 6.85. The number of thioether (sulfide) groups is 1. The Hall–Kier alpha value is -6.18. The van der Waals surface area contributed by atoms with Gasteiger partial charge in [-0.1, -0.05) is 63.2 Å². The number of rotatable bonds is 21. The highest BCUT2D eigenvalue weighted by molar-refractivity contribution is 7.98. The smallest absolute Gasteiger partial charge is 0.329 e. The summed E-state index contributed by atoms with van der Waals surface area (Å²) in [6.45, 7) is 6.02. The number of nitrogens with two attached hydrogens (primary N) is 3. The van der Waals surface area contributed by atoms with Crippen molar-refractivity contribution in [3.05, 3.63) is 76.6 Å². The summed E-state index contributed by atoms with van der Waals surface area (Å²) in [5.74, 6) is -1.80. The fraction of sp³-hybridized carbons (Fsp3) is 0.381. The van der Waals surface area contributed by atoms with E-state index in [9.17, 15) is 29.7 Å². The van der Waals surface area contributed by atoms with Crippen LogP contribution in [0.1, 0.15) is 57.4 Å². The van der Waals surface area contributed by atoms with E-state index in [4.69, 9.17) is 47.4 Å². The molecule has 0 bridgehead atoms. The molecule has 2 amide bonds. The first kappa shape index (κ1) is 47.5. The van der Waals surface area contributed by atoms with Crippen LogP contribution >= 0.6 is 23.4 Å². The van der Waals surface area contributed by atoms with Crippen molar-refractivity contribution < 1.29 is 37.8 Å². The van der Waals surface area contributed by atoms with Crippen LogP contribution in [-0.4, -0.2) is 78.2 Å². The number of esters is 2. The van der Waals surface area contributed by atoms with Crippen LogP contribution in [0, 0.1) is 34.5 Å². The first-order valence-electron chi connectivity index (χ1n) is 19.2. The van der Waals surface area contributed by atoms with E-state index in [0.29, 0.717) is 22.2 Å². The van der Waals surface area contributed by atoms with Crippen molar-refractivity contribution in [2.24, 2.45) is 23.3 Å². The lowest BCUT2D eigenvalue weighted by molar-refractivity contribution is -0.164. The van der Waals surface area contributed by atoms with Crippen LogP contribution in [-0.2, 0) is 34.4 Å². The summed E-state index contributed by atoms with van der Waals surface area (Å²) in [4.78, 5) is 59.7. The number of amides is 2. The molecule has 0 saturated carbocycles. The number of benzene rings is 2. The molecule has 4 aromatic rings. The van der Waals surface area contributed by atoms with Crippen molar-refractivity contribution in [2.45, 2.75) is 69.5 Å². The predicted octanol–water partition coefficient (Wildman–Crippen LogP) is 4.49. The summed E-state index contributed by atoms with van der Waals surface area (Å²) in [6.07, 6.45) is 0.826. The average Bonchev–Trinajstić information content (AvgIpc) is 3.72. The number of aromatic nitrogens is 2. The van der Waals surface area contributed by atoms with Crippen LogP contribution in [0.4, 0.5) is 5.82 Å². The number of oxazole rings is 1. The van der Waals surface area contributed by atoms with Gasteiger partial charge in [0.2, 0.25) is 17.7 Å². The SMILES string of the molecule is CC(C)CC(NC(=O)CN)C(=O)OCC(COc1ccc(-c2c(C#N)c(N)nc(SCc3coc(-c4ccc(Cl)cc4)n3)c2C#N)cc1)OC(=O)C(CC(C)C)NC(=O)CN. The maximum atomic E-state index is 13.4. The van der Waals surface area contributed by atoms with Crippen molar-refractivity contribution in [2.75, 3.05) is 32.0 Å². The van der Waals surface area contributed by atoms with Gasteiger partial charge in [0, 0.05) is 21.9 Å². The summed E-state index contributed by atoms with van der Waals surface area (Å²) in [7, 11) is 0. The number of pyridine rings is 1. The normalized spacial score (nSPS) is 12.4. The third kappa shape index (κ3) is 13.9. The highest BCUT2D eigenvalue weighted by Crippen LogP contribution is 2.37. The minimum Gasteiger partial charge on any atom is -0.490 e. The predicted molar refractivity (Wildman–Crippen MR) is 227 cm³/mol. The number of nitrogen functional groups attached to an aromatic ring is 1. The summed E-state index contributed by atoms with van der Waals surface area (Å²) >= 11 is 7.20. The molecule has 0 saturated heterocycles. The highest BCUT2D eigenvalue weighted by atomic mass is 35.5. The number of hydrogen-bond donors (Lipinski definition) is 5. The summed E-state index contributed by atoms with van der Waals surface area (Å²) in [5.41, 5.74) is 19.3. The molecule has 19 heteroatoms. The maximum Gasteiger partial charge on any atom is 0.329 e. The van der Waals surface area contributed by atoms with Crippen LogP contribution < -0.4 is 32.6 Å². The van der Waals surface area contributed by atoms with Gasteiger partial charge in [0.15, 0.2) is 6.10 Å². The molecule has 0 aliphatic heterocycles. The topological polar surface area (TPSA) is 285 Å². The molecule has 0 aliphatic carbocycles. The first-order valence-corrected chi connectivity index (χ1v) is 20.6. The largest absolute Gasteiger partial charge is 0.490 e. The Kier molecular flexibility index (Phi) is 17.9. The summed E-state index contributed by atoms with van der Waals surface area (Å²) < 4.78 is 22.9. The van der Waals surface area contributed by atoms with E-state index in [-0.39, 0.29) is 83.4 Å². The summed E-state index contributed by atoms with van der Waals surface area (Å²) in [5, 5.41) is 26.4. The second-order valence-electron chi connectivity index (χ2n) is 14.5. The third-order valence-electron chi connectivity index (χ3n) is 8.71. The number of anilines is 1. The Labute approximate surface area is 362 Å². The Morgan fingerprint density at radius 1 is 0.820 bits per heavy atom. The number of carbonyl (C=O) groups is 4. The van der Waals surface area contributed by atoms with Crippen LogP contribution in [0.5, 0.6) is 5.75 Å². The number of hydrogen-bond acceptors (Lipinski definition) is 16. The van der Waals surface area contributed by atoms with E-state index < -0.39 is 48.5 Å². The molecule has 17 nitrogen and oxygen atoms in total. The highest BCUT2D eigenvalue weighted by Gasteiger charge is 2.29. The van der Waals surface area contributed by atoms with Gasteiger partial charge in [0.1, 0.15) is 65.9 Å². The molecule has 322 valence electrons. The number of nitrogens with one attached hydrogen (secondary N) is 2. The molecular weight excluding hydrogens is 826 g/mol. The molecule has 2 aromatic heterocycles. The van der Waals surface area contributed by atoms with Crippen molar-refractivity contribution in [1.29, 1.82) is 10.5 Å². The van der Waals surface area contributed by atoms with Gasteiger partial charge in [-0.25, -0.2) is 19.6 Å². The molecule has 0 spiro atoms. The zero-order chi connectivity index (χ0) is 44.6. The summed E-state index contributed by atoms with van der Waals surface area (Å²) in [6, 6.07) is 15.6. The number of halogens is 1. The van der Waals surface area contributed by atoms with Crippen LogP contribution in [0.3, 0.4) is 0 Å². The second kappa shape index (κ2) is 23.0. The maximum absolute atomic E-state index is 13.4. The van der Waals surface area contributed by atoms with Crippen LogP contribution in [0.2, 0.25) is 5.02 Å². The Morgan fingerprint density at radius 2 is 1.39 bits per heavy atom. The van der Waals surface area contributed by atoms with Crippen molar-refractivity contribution in [3.8, 4) is 40.5 Å². The Bertz CT molecular complexity index is 2240. The van der Waals surface area contributed by atoms with Crippen LogP contribution in [0.25, 0.3) is 22.6 Å². The molecule has 3 unspecified atom stereocenters. The van der Waals surface area contributed by atoms with Gasteiger partial charge in [-0.3, -0.25) is 9.59 Å². The lowest BCUT2D eigenvalue weighted by atomic mass is 9.97. The lowest BCUT2D eigenvalue weighted by Gasteiger charge is -2.25. The number of carbonyl (C=O) groups excluding carboxylic acids is 4. The van der Waals surface area contributed by atoms with Crippen molar-refractivity contribution >= 4 is 52.9 Å². The molecule has 0 radical (unpaired) electrons. The first-order chi connectivity index (χ1) is 29.1. The van der Waals surface area contributed by atoms with E-state index in [1.165, 1.54) is 18.0 Å². The monoisotopic (exact) mass is 873 g/mol. The van der Waals surface area contributed by atoms with Gasteiger partial charge in [-0.2, -0.15) is 10.5 Å². The van der Waals surface area contributed by atoms with Gasteiger partial charge in [-0.15, -0.1) is 0 Å². The molecule has 2 heterocycles. The van der Waals surface area contributed by atoms with Gasteiger partial charge in [0.25, 0.3) is 0 Å². The molecule has 0 fully saturated rings. The van der Waals surface area contributed by atoms with Gasteiger partial charge < -0.3 is 46.5 Å². The zero-order valence-corrected chi connectivity index (χ0v) is 35.7. The Balaban J connectivity index is 1.55. The van der Waals surface area contributed by atoms with E-state index in [0.717, 1.165) is 5.56 Å². The van der Waals surface area contributed by atoms with Gasteiger partial charge in [0.05, 0.1) is 24.3 Å². The number of nitriles is 2. The zero-order valence-electron chi connectivity index (χ0n) is 34.1. The molecule has 2 aromatic carbocycles.